The molecule has 3 aromatic heterocycles. The molecule has 1 aromatic carbocycles. The molecule has 0 N–H and O–H groups in total. The third kappa shape index (κ3) is 2.86. The highest BCUT2D eigenvalue weighted by Gasteiger charge is 2.12. The molecule has 0 amide bonds. The van der Waals surface area contributed by atoms with Crippen LogP contribution in [0, 0.1) is 5.82 Å². The van der Waals surface area contributed by atoms with Crippen molar-refractivity contribution >= 4 is 11.3 Å². The van der Waals surface area contributed by atoms with Gasteiger partial charge in [0.05, 0.1) is 4.88 Å². The van der Waals surface area contributed by atoms with Gasteiger partial charge in [-0.2, -0.15) is 9.78 Å². The van der Waals surface area contributed by atoms with Crippen LogP contribution in [-0.4, -0.2) is 30.3 Å². The van der Waals surface area contributed by atoms with Gasteiger partial charge in [-0.1, -0.05) is 23.4 Å². The van der Waals surface area contributed by atoms with E-state index in [9.17, 15) is 4.39 Å². The Labute approximate surface area is 133 Å². The van der Waals surface area contributed by atoms with Gasteiger partial charge in [-0.15, -0.1) is 21.5 Å². The van der Waals surface area contributed by atoms with E-state index in [4.69, 9.17) is 4.52 Å². The monoisotopic (exact) mass is 328 g/mol. The number of benzene rings is 1. The number of nitrogens with zero attached hydrogens (tertiary/aromatic N) is 6. The first kappa shape index (κ1) is 13.7. The summed E-state index contributed by atoms with van der Waals surface area (Å²) < 4.78 is 18.4. The highest BCUT2D eigenvalue weighted by Crippen LogP contribution is 2.21. The Morgan fingerprint density at radius 2 is 2.13 bits per heavy atom. The summed E-state index contributed by atoms with van der Waals surface area (Å²) in [6.45, 7) is 0.195. The number of tetrazole rings is 1. The van der Waals surface area contributed by atoms with Crippen molar-refractivity contribution in [2.75, 3.05) is 0 Å². The molecule has 4 aromatic rings. The number of rotatable bonds is 4. The molecular weight excluding hydrogens is 319 g/mol. The van der Waals surface area contributed by atoms with Crippen LogP contribution >= 0.6 is 11.3 Å². The second-order valence-electron chi connectivity index (χ2n) is 4.64. The van der Waals surface area contributed by atoms with Gasteiger partial charge < -0.3 is 4.52 Å². The first-order valence-corrected chi connectivity index (χ1v) is 7.56. The Bertz CT molecular complexity index is 932. The second-order valence-corrected chi connectivity index (χ2v) is 5.59. The van der Waals surface area contributed by atoms with Crippen LogP contribution in [0.3, 0.4) is 0 Å². The first-order valence-electron chi connectivity index (χ1n) is 6.68. The maximum Gasteiger partial charge on any atom is 0.250 e. The molecule has 0 atom stereocenters. The molecular formula is C14H9FN6OS. The number of aromatic nitrogens is 6. The van der Waals surface area contributed by atoms with E-state index in [1.807, 2.05) is 17.5 Å². The highest BCUT2D eigenvalue weighted by molar-refractivity contribution is 7.13. The Morgan fingerprint density at radius 1 is 1.17 bits per heavy atom. The van der Waals surface area contributed by atoms with Crippen molar-refractivity contribution in [1.29, 1.82) is 0 Å². The molecule has 4 rings (SSSR count). The minimum absolute atomic E-state index is 0.195. The summed E-state index contributed by atoms with van der Waals surface area (Å²) in [4.78, 5) is 6.54. The average Bonchev–Trinajstić information content (AvgIpc) is 3.29. The van der Waals surface area contributed by atoms with Crippen molar-refractivity contribution < 1.29 is 8.91 Å². The molecule has 0 aliphatic rings. The summed E-state index contributed by atoms with van der Waals surface area (Å²) in [5.41, 5.74) is 0.557. The summed E-state index contributed by atoms with van der Waals surface area (Å²) in [5.74, 6) is 0.885. The molecule has 3 heterocycles. The molecule has 0 saturated heterocycles. The molecule has 0 unspecified atom stereocenters. The normalized spacial score (nSPS) is 11.0. The molecule has 0 radical (unpaired) electrons. The molecule has 0 bridgehead atoms. The number of thiophene rings is 1. The van der Waals surface area contributed by atoms with Crippen LogP contribution in [0.1, 0.15) is 5.89 Å². The second kappa shape index (κ2) is 5.69. The van der Waals surface area contributed by atoms with Crippen molar-refractivity contribution in [3.05, 3.63) is 53.5 Å². The molecule has 7 nitrogen and oxygen atoms in total. The minimum atomic E-state index is -0.351. The maximum absolute atomic E-state index is 13.2. The van der Waals surface area contributed by atoms with E-state index in [1.54, 1.807) is 12.1 Å². The van der Waals surface area contributed by atoms with E-state index in [0.717, 1.165) is 4.88 Å². The van der Waals surface area contributed by atoms with E-state index in [0.29, 0.717) is 23.1 Å². The van der Waals surface area contributed by atoms with Crippen molar-refractivity contribution in [2.24, 2.45) is 0 Å². The third-order valence-corrected chi connectivity index (χ3v) is 3.89. The predicted molar refractivity (Wildman–Crippen MR) is 79.9 cm³/mol. The van der Waals surface area contributed by atoms with Crippen molar-refractivity contribution in [1.82, 2.24) is 30.3 Å². The zero-order valence-corrected chi connectivity index (χ0v) is 12.4. The Hall–Kier alpha value is -2.94. The number of halogens is 1. The Balaban J connectivity index is 1.54. The van der Waals surface area contributed by atoms with Crippen molar-refractivity contribution in [3.8, 4) is 22.1 Å². The fourth-order valence-corrected chi connectivity index (χ4v) is 2.65. The Morgan fingerprint density at radius 3 is 2.96 bits per heavy atom. The molecule has 0 aliphatic carbocycles. The average molecular weight is 328 g/mol. The summed E-state index contributed by atoms with van der Waals surface area (Å²) in [6, 6.07) is 9.85. The van der Waals surface area contributed by atoms with Crippen LogP contribution in [-0.2, 0) is 6.54 Å². The minimum Gasteiger partial charge on any atom is -0.337 e. The van der Waals surface area contributed by atoms with Crippen LogP contribution in [0.15, 0.2) is 46.3 Å². The largest absolute Gasteiger partial charge is 0.337 e. The molecule has 114 valence electrons. The lowest BCUT2D eigenvalue weighted by molar-refractivity contribution is 0.356. The number of hydrogen-bond acceptors (Lipinski definition) is 7. The van der Waals surface area contributed by atoms with E-state index in [-0.39, 0.29) is 12.4 Å². The molecule has 9 heteroatoms. The van der Waals surface area contributed by atoms with Gasteiger partial charge in [0, 0.05) is 5.56 Å². The van der Waals surface area contributed by atoms with Crippen LogP contribution in [0.2, 0.25) is 0 Å². The summed E-state index contributed by atoms with van der Waals surface area (Å²) >= 11 is 1.53. The SMILES string of the molecule is Fc1cccc(-c2nnn(Cc3nc(-c4cccs4)no3)n2)c1. The van der Waals surface area contributed by atoms with Gasteiger partial charge in [0.2, 0.25) is 11.6 Å². The standard InChI is InChI=1S/C14H9FN6OS/c15-10-4-1-3-9(7-10)13-17-20-21(18-13)8-12-16-14(19-22-12)11-5-2-6-23-11/h1-7H,8H2. The fraction of sp³-hybridized carbons (Fsp3) is 0.0714. The van der Waals surface area contributed by atoms with Crippen LogP contribution in [0.5, 0.6) is 0 Å². The van der Waals surface area contributed by atoms with E-state index in [2.05, 4.69) is 25.6 Å². The van der Waals surface area contributed by atoms with Crippen molar-refractivity contribution in [2.45, 2.75) is 6.54 Å². The van der Waals surface area contributed by atoms with Crippen molar-refractivity contribution in [3.63, 3.8) is 0 Å². The van der Waals surface area contributed by atoms with Crippen LogP contribution in [0.4, 0.5) is 4.39 Å². The Kier molecular flexibility index (Phi) is 3.39. The summed E-state index contributed by atoms with van der Waals surface area (Å²) in [7, 11) is 0. The first-order chi connectivity index (χ1) is 11.3. The van der Waals surface area contributed by atoms with E-state index in [1.165, 1.54) is 28.3 Å². The predicted octanol–water partition coefficient (Wildman–Crippen LogP) is 2.64. The van der Waals surface area contributed by atoms with Crippen LogP contribution in [0.25, 0.3) is 22.1 Å². The van der Waals surface area contributed by atoms with Crippen LogP contribution < -0.4 is 0 Å². The molecule has 0 saturated carbocycles. The van der Waals surface area contributed by atoms with E-state index >= 15 is 0 Å². The maximum atomic E-state index is 13.2. The lowest BCUT2D eigenvalue weighted by atomic mass is 10.2. The lowest BCUT2D eigenvalue weighted by Gasteiger charge is -1.94. The quantitative estimate of drug-likeness (QED) is 0.573. The zero-order valence-electron chi connectivity index (χ0n) is 11.6. The number of hydrogen-bond donors (Lipinski definition) is 0. The fourth-order valence-electron chi connectivity index (χ4n) is 2.00. The smallest absolute Gasteiger partial charge is 0.250 e. The topological polar surface area (TPSA) is 82.5 Å². The van der Waals surface area contributed by atoms with Gasteiger partial charge in [0.25, 0.3) is 5.89 Å². The molecule has 0 spiro atoms. The third-order valence-electron chi connectivity index (χ3n) is 3.02. The van der Waals surface area contributed by atoms with Gasteiger partial charge >= 0.3 is 0 Å². The molecule has 23 heavy (non-hydrogen) atoms. The summed E-state index contributed by atoms with van der Waals surface area (Å²) in [5, 5.41) is 17.9. The van der Waals surface area contributed by atoms with Gasteiger partial charge in [0.1, 0.15) is 12.4 Å². The van der Waals surface area contributed by atoms with Gasteiger partial charge in [-0.25, -0.2) is 4.39 Å². The lowest BCUT2D eigenvalue weighted by Crippen LogP contribution is -2.04. The summed E-state index contributed by atoms with van der Waals surface area (Å²) in [6.07, 6.45) is 0. The zero-order chi connectivity index (χ0) is 15.6. The molecule has 0 aliphatic heterocycles. The van der Waals surface area contributed by atoms with E-state index < -0.39 is 0 Å². The van der Waals surface area contributed by atoms with Gasteiger partial charge in [-0.05, 0) is 28.8 Å². The highest BCUT2D eigenvalue weighted by atomic mass is 32.1. The van der Waals surface area contributed by atoms with Gasteiger partial charge in [0.15, 0.2) is 0 Å². The molecule has 0 fully saturated rings. The van der Waals surface area contributed by atoms with Gasteiger partial charge in [-0.3, -0.25) is 0 Å².